The highest BCUT2D eigenvalue weighted by molar-refractivity contribution is 5.73. The first kappa shape index (κ1) is 21.3. The van der Waals surface area contributed by atoms with Gasteiger partial charge in [0.15, 0.2) is 11.5 Å². The van der Waals surface area contributed by atoms with Gasteiger partial charge in [0.2, 0.25) is 0 Å². The molecule has 0 aliphatic heterocycles. The van der Waals surface area contributed by atoms with Gasteiger partial charge in [-0.05, 0) is 58.2 Å². The quantitative estimate of drug-likeness (QED) is 0.523. The predicted molar refractivity (Wildman–Crippen MR) is 109 cm³/mol. The smallest absolute Gasteiger partial charge is 0.407 e. The van der Waals surface area contributed by atoms with Gasteiger partial charge < -0.3 is 14.5 Å². The molecule has 0 bridgehead atoms. The molecule has 0 unspecified atom stereocenters. The molecular weight excluding hydrogens is 340 g/mol. The van der Waals surface area contributed by atoms with Crippen molar-refractivity contribution in [1.29, 1.82) is 0 Å². The summed E-state index contributed by atoms with van der Waals surface area (Å²) in [5.74, 6) is 0.851. The lowest BCUT2D eigenvalue weighted by molar-refractivity contribution is 0.0527. The average Bonchev–Trinajstić information content (AvgIpc) is 2.96. The first-order chi connectivity index (χ1) is 12.8. The van der Waals surface area contributed by atoms with E-state index in [1.807, 2.05) is 26.8 Å². The largest absolute Gasteiger partial charge is 0.444 e. The average molecular weight is 375 g/mol. The molecule has 0 aliphatic rings. The van der Waals surface area contributed by atoms with Crippen LogP contribution >= 0.6 is 0 Å². The molecule has 5 nitrogen and oxygen atoms in total. The molecule has 0 saturated heterocycles. The summed E-state index contributed by atoms with van der Waals surface area (Å²) < 4.78 is 11.0. The van der Waals surface area contributed by atoms with Gasteiger partial charge in [0.25, 0.3) is 0 Å². The summed E-state index contributed by atoms with van der Waals surface area (Å²) in [7, 11) is 0. The van der Waals surface area contributed by atoms with Crippen LogP contribution in [0.2, 0.25) is 0 Å². The fraction of sp³-hybridized carbons (Fsp3) is 0.636. The number of unbranched alkanes of at least 4 members (excludes halogenated alkanes) is 6. The van der Waals surface area contributed by atoms with Crippen LogP contribution in [-0.4, -0.2) is 23.2 Å². The molecule has 1 aromatic carbocycles. The summed E-state index contributed by atoms with van der Waals surface area (Å²) in [6.45, 7) is 8.38. The molecule has 0 aliphatic carbocycles. The summed E-state index contributed by atoms with van der Waals surface area (Å²) in [6, 6.07) is 6.12. The molecule has 0 atom stereocenters. The lowest BCUT2D eigenvalue weighted by atomic mass is 10.1. The van der Waals surface area contributed by atoms with E-state index < -0.39 is 5.60 Å². The Morgan fingerprint density at radius 1 is 1.07 bits per heavy atom. The highest BCUT2D eigenvalue weighted by atomic mass is 16.6. The first-order valence-electron chi connectivity index (χ1n) is 10.2. The number of amides is 1. The molecule has 0 radical (unpaired) electrons. The Hall–Kier alpha value is -2.04. The SMILES string of the molecule is Cc1ccc2oc(CCCCCCCCCNC(=O)OC(C)(C)C)nc2c1. The molecule has 0 spiro atoms. The minimum atomic E-state index is -0.430. The molecule has 5 heteroatoms. The van der Waals surface area contributed by atoms with Crippen molar-refractivity contribution < 1.29 is 13.9 Å². The fourth-order valence-corrected chi connectivity index (χ4v) is 2.98. The zero-order valence-corrected chi connectivity index (χ0v) is 17.3. The van der Waals surface area contributed by atoms with E-state index in [0.717, 1.165) is 42.7 Å². The number of hydrogen-bond acceptors (Lipinski definition) is 4. The van der Waals surface area contributed by atoms with Crippen LogP contribution in [0.3, 0.4) is 0 Å². The van der Waals surface area contributed by atoms with E-state index in [9.17, 15) is 4.79 Å². The predicted octanol–water partition coefficient (Wildman–Crippen LogP) is 5.93. The lowest BCUT2D eigenvalue weighted by Crippen LogP contribution is -2.32. The number of aryl methyl sites for hydroxylation is 2. The van der Waals surface area contributed by atoms with Crippen molar-refractivity contribution in [1.82, 2.24) is 10.3 Å². The Morgan fingerprint density at radius 2 is 1.74 bits per heavy atom. The van der Waals surface area contributed by atoms with Crippen LogP contribution in [0.15, 0.2) is 22.6 Å². The van der Waals surface area contributed by atoms with Crippen LogP contribution in [0.4, 0.5) is 4.79 Å². The van der Waals surface area contributed by atoms with Crippen molar-refractivity contribution in [2.45, 2.75) is 84.7 Å². The maximum atomic E-state index is 11.5. The normalized spacial score (nSPS) is 11.7. The maximum absolute atomic E-state index is 11.5. The van der Waals surface area contributed by atoms with Crippen LogP contribution in [-0.2, 0) is 11.2 Å². The molecule has 150 valence electrons. The van der Waals surface area contributed by atoms with Crippen LogP contribution in [0.1, 0.15) is 77.2 Å². The fourth-order valence-electron chi connectivity index (χ4n) is 2.98. The number of nitrogens with zero attached hydrogens (tertiary/aromatic N) is 1. The van der Waals surface area contributed by atoms with Gasteiger partial charge in [0, 0.05) is 13.0 Å². The van der Waals surface area contributed by atoms with Crippen molar-refractivity contribution in [2.24, 2.45) is 0 Å². The van der Waals surface area contributed by atoms with Gasteiger partial charge in [0.05, 0.1) is 0 Å². The Bertz CT molecular complexity index is 716. The van der Waals surface area contributed by atoms with Gasteiger partial charge >= 0.3 is 6.09 Å². The number of benzene rings is 1. The zero-order chi connectivity index (χ0) is 19.7. The van der Waals surface area contributed by atoms with Crippen molar-refractivity contribution >= 4 is 17.2 Å². The second-order valence-corrected chi connectivity index (χ2v) is 8.23. The number of oxazole rings is 1. The Balaban J connectivity index is 1.46. The highest BCUT2D eigenvalue weighted by Gasteiger charge is 2.15. The number of fused-ring (bicyclic) bond motifs is 1. The number of ether oxygens (including phenoxy) is 1. The van der Waals surface area contributed by atoms with Gasteiger partial charge in [0.1, 0.15) is 11.1 Å². The van der Waals surface area contributed by atoms with Crippen LogP contribution in [0, 0.1) is 6.92 Å². The minimum absolute atomic E-state index is 0.322. The summed E-state index contributed by atoms with van der Waals surface area (Å²) in [6.07, 6.45) is 8.72. The molecule has 1 amide bonds. The maximum Gasteiger partial charge on any atom is 0.407 e. The van der Waals surface area contributed by atoms with Crippen LogP contribution in [0.5, 0.6) is 0 Å². The number of rotatable bonds is 10. The van der Waals surface area contributed by atoms with E-state index in [2.05, 4.69) is 29.4 Å². The summed E-state index contributed by atoms with van der Waals surface area (Å²) >= 11 is 0. The van der Waals surface area contributed by atoms with E-state index in [-0.39, 0.29) is 6.09 Å². The summed E-state index contributed by atoms with van der Waals surface area (Å²) in [5, 5.41) is 2.80. The molecule has 1 aromatic heterocycles. The van der Waals surface area contributed by atoms with Gasteiger partial charge in [-0.15, -0.1) is 0 Å². The van der Waals surface area contributed by atoms with Crippen LogP contribution in [0.25, 0.3) is 11.1 Å². The molecule has 27 heavy (non-hydrogen) atoms. The zero-order valence-electron chi connectivity index (χ0n) is 17.3. The molecule has 1 heterocycles. The molecule has 0 saturated carbocycles. The van der Waals surface area contributed by atoms with Gasteiger partial charge in [-0.3, -0.25) is 0 Å². The van der Waals surface area contributed by atoms with Crippen molar-refractivity contribution in [3.8, 4) is 0 Å². The Kier molecular flexibility index (Phi) is 8.14. The first-order valence-corrected chi connectivity index (χ1v) is 10.2. The standard InChI is InChI=1S/C22H34N2O3/c1-17-13-14-19-18(16-17)24-20(26-19)12-10-8-6-5-7-9-11-15-23-21(25)27-22(2,3)4/h13-14,16H,5-12,15H2,1-4H3,(H,23,25). The van der Waals surface area contributed by atoms with Crippen molar-refractivity contribution in [3.05, 3.63) is 29.7 Å². The number of alkyl carbamates (subject to hydrolysis) is 1. The van der Waals surface area contributed by atoms with E-state index in [1.165, 1.54) is 31.2 Å². The molecule has 0 fully saturated rings. The second-order valence-electron chi connectivity index (χ2n) is 8.23. The Labute approximate surface area is 162 Å². The third kappa shape index (κ3) is 8.46. The number of aromatic nitrogens is 1. The highest BCUT2D eigenvalue weighted by Crippen LogP contribution is 2.18. The lowest BCUT2D eigenvalue weighted by Gasteiger charge is -2.19. The second kappa shape index (κ2) is 10.3. The summed E-state index contributed by atoms with van der Waals surface area (Å²) in [4.78, 5) is 16.1. The van der Waals surface area contributed by atoms with Gasteiger partial charge in [-0.1, -0.05) is 38.2 Å². The van der Waals surface area contributed by atoms with E-state index in [4.69, 9.17) is 9.15 Å². The number of carbonyl (C=O) groups is 1. The minimum Gasteiger partial charge on any atom is -0.444 e. The topological polar surface area (TPSA) is 64.4 Å². The monoisotopic (exact) mass is 374 g/mol. The third-order valence-corrected chi connectivity index (χ3v) is 4.32. The molecule has 2 aromatic rings. The number of nitrogens with one attached hydrogen (secondary N) is 1. The van der Waals surface area contributed by atoms with E-state index in [1.54, 1.807) is 0 Å². The van der Waals surface area contributed by atoms with Gasteiger partial charge in [-0.25, -0.2) is 9.78 Å². The van der Waals surface area contributed by atoms with Crippen molar-refractivity contribution in [2.75, 3.05) is 6.54 Å². The third-order valence-electron chi connectivity index (χ3n) is 4.32. The summed E-state index contributed by atoms with van der Waals surface area (Å²) in [5.41, 5.74) is 2.63. The Morgan fingerprint density at radius 3 is 2.44 bits per heavy atom. The molecular formula is C22H34N2O3. The van der Waals surface area contributed by atoms with E-state index in [0.29, 0.717) is 6.54 Å². The van der Waals surface area contributed by atoms with E-state index >= 15 is 0 Å². The number of hydrogen-bond donors (Lipinski definition) is 1. The molecule has 1 N–H and O–H groups in total. The molecule has 2 rings (SSSR count). The van der Waals surface area contributed by atoms with Crippen LogP contribution < -0.4 is 5.32 Å². The van der Waals surface area contributed by atoms with Crippen molar-refractivity contribution in [3.63, 3.8) is 0 Å². The number of carbonyl (C=O) groups excluding carboxylic acids is 1. The van der Waals surface area contributed by atoms with Gasteiger partial charge in [-0.2, -0.15) is 0 Å².